The third-order valence-corrected chi connectivity index (χ3v) is 4.46. The summed E-state index contributed by atoms with van der Waals surface area (Å²) in [6, 6.07) is 9.45. The molecule has 1 aromatic carbocycles. The van der Waals surface area contributed by atoms with Gasteiger partial charge in [0.2, 0.25) is 5.91 Å². The van der Waals surface area contributed by atoms with Crippen LogP contribution in [0.3, 0.4) is 0 Å². The molecule has 2 N–H and O–H groups in total. The molecule has 0 saturated carbocycles. The van der Waals surface area contributed by atoms with Crippen LogP contribution in [0.1, 0.15) is 18.4 Å². The number of likely N-dealkylation sites (N-methyl/N-ethyl adjacent to an activating group) is 1. The van der Waals surface area contributed by atoms with Gasteiger partial charge in [0.25, 0.3) is 0 Å². The summed E-state index contributed by atoms with van der Waals surface area (Å²) < 4.78 is 1.80. The van der Waals surface area contributed by atoms with Crippen molar-refractivity contribution in [1.82, 2.24) is 25.3 Å². The molecule has 3 rings (SSSR count). The highest BCUT2D eigenvalue weighted by atomic mass is 16.2. The van der Waals surface area contributed by atoms with Crippen LogP contribution in [0, 0.1) is 0 Å². The van der Waals surface area contributed by atoms with Crippen molar-refractivity contribution >= 4 is 11.9 Å². The fourth-order valence-corrected chi connectivity index (χ4v) is 3.10. The van der Waals surface area contributed by atoms with Crippen molar-refractivity contribution in [2.24, 2.45) is 0 Å². The minimum absolute atomic E-state index is 0.0955. The van der Waals surface area contributed by atoms with E-state index in [9.17, 15) is 9.59 Å². The highest BCUT2D eigenvalue weighted by Gasteiger charge is 2.33. The minimum atomic E-state index is -0.349. The van der Waals surface area contributed by atoms with Crippen LogP contribution in [-0.4, -0.2) is 52.8 Å². The molecule has 2 heterocycles. The molecule has 132 valence electrons. The Morgan fingerprint density at radius 3 is 2.76 bits per heavy atom. The van der Waals surface area contributed by atoms with E-state index in [0.717, 1.165) is 30.5 Å². The molecule has 3 amide bonds. The number of hydrogen-bond acceptors (Lipinski definition) is 3. The molecule has 1 fully saturated rings. The van der Waals surface area contributed by atoms with Gasteiger partial charge in [0, 0.05) is 32.5 Å². The van der Waals surface area contributed by atoms with Crippen molar-refractivity contribution in [2.45, 2.75) is 25.3 Å². The first-order valence-corrected chi connectivity index (χ1v) is 8.54. The first kappa shape index (κ1) is 17.0. The number of carbonyl (C=O) groups excluding carboxylic acids is 2. The molecule has 2 aromatic rings. The average molecular weight is 341 g/mol. The molecule has 0 aliphatic carbocycles. The average Bonchev–Trinajstić information content (AvgIpc) is 3.33. The summed E-state index contributed by atoms with van der Waals surface area (Å²) in [4.78, 5) is 25.7. The topological polar surface area (TPSA) is 79.3 Å². The zero-order valence-electron chi connectivity index (χ0n) is 14.3. The van der Waals surface area contributed by atoms with Crippen LogP contribution in [-0.2, 0) is 11.2 Å². The molecule has 0 bridgehead atoms. The maximum absolute atomic E-state index is 12.3. The lowest BCUT2D eigenvalue weighted by Gasteiger charge is -2.23. The first-order chi connectivity index (χ1) is 12.2. The van der Waals surface area contributed by atoms with Crippen LogP contribution in [0.15, 0.2) is 42.7 Å². The quantitative estimate of drug-likeness (QED) is 0.861. The zero-order chi connectivity index (χ0) is 17.6. The van der Waals surface area contributed by atoms with E-state index >= 15 is 0 Å². The van der Waals surface area contributed by atoms with Crippen molar-refractivity contribution < 1.29 is 9.59 Å². The van der Waals surface area contributed by atoms with Crippen molar-refractivity contribution in [3.8, 4) is 5.69 Å². The minimum Gasteiger partial charge on any atom is -0.357 e. The molecule has 1 saturated heterocycles. The molecule has 0 radical (unpaired) electrons. The Hall–Kier alpha value is -2.83. The van der Waals surface area contributed by atoms with E-state index in [4.69, 9.17) is 0 Å². The van der Waals surface area contributed by atoms with E-state index in [1.807, 2.05) is 36.5 Å². The van der Waals surface area contributed by atoms with Crippen molar-refractivity contribution in [3.63, 3.8) is 0 Å². The van der Waals surface area contributed by atoms with E-state index in [1.165, 1.54) is 0 Å². The Morgan fingerprint density at radius 1 is 1.28 bits per heavy atom. The third-order valence-electron chi connectivity index (χ3n) is 4.46. The van der Waals surface area contributed by atoms with Gasteiger partial charge in [-0.15, -0.1) is 0 Å². The van der Waals surface area contributed by atoms with Gasteiger partial charge in [-0.3, -0.25) is 4.79 Å². The molecule has 7 heteroatoms. The fraction of sp³-hybridized carbons (Fsp3) is 0.389. The number of benzene rings is 1. The summed E-state index contributed by atoms with van der Waals surface area (Å²) >= 11 is 0. The Balaban J connectivity index is 1.49. The van der Waals surface area contributed by atoms with Crippen molar-refractivity contribution in [3.05, 3.63) is 48.3 Å². The van der Waals surface area contributed by atoms with Gasteiger partial charge in [0.15, 0.2) is 0 Å². The summed E-state index contributed by atoms with van der Waals surface area (Å²) in [7, 11) is 1.60. The normalized spacial score (nSPS) is 16.7. The summed E-state index contributed by atoms with van der Waals surface area (Å²) in [5.41, 5.74) is 2.14. The molecule has 0 unspecified atom stereocenters. The maximum atomic E-state index is 12.3. The van der Waals surface area contributed by atoms with Crippen LogP contribution >= 0.6 is 0 Å². The van der Waals surface area contributed by atoms with Crippen LogP contribution in [0.25, 0.3) is 5.69 Å². The van der Waals surface area contributed by atoms with Crippen LogP contribution < -0.4 is 10.6 Å². The van der Waals surface area contributed by atoms with E-state index in [-0.39, 0.29) is 18.0 Å². The lowest BCUT2D eigenvalue weighted by Crippen LogP contribution is -2.49. The van der Waals surface area contributed by atoms with Crippen LogP contribution in [0.4, 0.5) is 4.79 Å². The Bertz CT molecular complexity index is 712. The number of amides is 3. The van der Waals surface area contributed by atoms with E-state index in [0.29, 0.717) is 13.1 Å². The van der Waals surface area contributed by atoms with Gasteiger partial charge in [0.1, 0.15) is 6.04 Å². The summed E-state index contributed by atoms with van der Waals surface area (Å²) in [6.07, 6.45) is 5.97. The summed E-state index contributed by atoms with van der Waals surface area (Å²) in [5.74, 6) is -0.0955. The van der Waals surface area contributed by atoms with Gasteiger partial charge < -0.3 is 15.5 Å². The van der Waals surface area contributed by atoms with E-state index in [1.54, 1.807) is 22.8 Å². The Labute approximate surface area is 147 Å². The SMILES string of the molecule is CNC(=O)[C@H]1CCCN1C(=O)NCCc1ccc(-n2cccn2)cc1. The fourth-order valence-electron chi connectivity index (χ4n) is 3.10. The lowest BCUT2D eigenvalue weighted by atomic mass is 10.1. The molecule has 7 nitrogen and oxygen atoms in total. The third kappa shape index (κ3) is 3.99. The lowest BCUT2D eigenvalue weighted by molar-refractivity contribution is -0.124. The number of nitrogens with one attached hydrogen (secondary N) is 2. The highest BCUT2D eigenvalue weighted by Crippen LogP contribution is 2.17. The molecular weight excluding hydrogens is 318 g/mol. The molecule has 1 aromatic heterocycles. The first-order valence-electron chi connectivity index (χ1n) is 8.54. The van der Waals surface area contributed by atoms with Gasteiger partial charge in [-0.1, -0.05) is 12.1 Å². The molecule has 25 heavy (non-hydrogen) atoms. The second-order valence-electron chi connectivity index (χ2n) is 6.06. The van der Waals surface area contributed by atoms with Gasteiger partial charge in [-0.05, 0) is 43.0 Å². The number of carbonyl (C=O) groups is 2. The number of hydrogen-bond donors (Lipinski definition) is 2. The highest BCUT2D eigenvalue weighted by molar-refractivity contribution is 5.87. The van der Waals surface area contributed by atoms with E-state index < -0.39 is 0 Å². The second kappa shape index (κ2) is 7.83. The predicted molar refractivity (Wildman–Crippen MR) is 94.5 cm³/mol. The summed E-state index contributed by atoms with van der Waals surface area (Å²) in [6.45, 7) is 1.17. The standard InChI is InChI=1S/C18H23N5O2/c1-19-17(24)16-4-2-12-22(16)18(25)20-11-9-14-5-7-15(8-6-14)23-13-3-10-21-23/h3,5-8,10,13,16H,2,4,9,11-12H2,1H3,(H,19,24)(H,20,25)/t16-/m1/s1. The Morgan fingerprint density at radius 2 is 2.08 bits per heavy atom. The van der Waals surface area contributed by atoms with E-state index in [2.05, 4.69) is 15.7 Å². The molecule has 1 aliphatic heterocycles. The van der Waals surface area contributed by atoms with Crippen molar-refractivity contribution in [1.29, 1.82) is 0 Å². The van der Waals surface area contributed by atoms with Gasteiger partial charge in [-0.2, -0.15) is 5.10 Å². The Kier molecular flexibility index (Phi) is 5.33. The number of likely N-dealkylation sites (tertiary alicyclic amines) is 1. The second-order valence-corrected chi connectivity index (χ2v) is 6.06. The van der Waals surface area contributed by atoms with Gasteiger partial charge in [0.05, 0.1) is 5.69 Å². The monoisotopic (exact) mass is 341 g/mol. The number of urea groups is 1. The van der Waals surface area contributed by atoms with Crippen LogP contribution in [0.2, 0.25) is 0 Å². The smallest absolute Gasteiger partial charge is 0.318 e. The largest absolute Gasteiger partial charge is 0.357 e. The molecule has 0 spiro atoms. The summed E-state index contributed by atoms with van der Waals surface area (Å²) in [5, 5.41) is 9.73. The molecule has 1 atom stereocenters. The number of rotatable bonds is 5. The van der Waals surface area contributed by atoms with Crippen molar-refractivity contribution in [2.75, 3.05) is 20.1 Å². The predicted octanol–water partition coefficient (Wildman–Crippen LogP) is 1.33. The zero-order valence-corrected chi connectivity index (χ0v) is 14.3. The van der Waals surface area contributed by atoms with Crippen LogP contribution in [0.5, 0.6) is 0 Å². The van der Waals surface area contributed by atoms with Gasteiger partial charge in [-0.25, -0.2) is 9.48 Å². The molecule has 1 aliphatic rings. The molecular formula is C18H23N5O2. The maximum Gasteiger partial charge on any atom is 0.318 e. The van der Waals surface area contributed by atoms with Gasteiger partial charge >= 0.3 is 6.03 Å². The number of nitrogens with zero attached hydrogens (tertiary/aromatic N) is 3. The number of aromatic nitrogens is 2.